The van der Waals surface area contributed by atoms with E-state index in [1.54, 1.807) is 37.3 Å². The van der Waals surface area contributed by atoms with Crippen LogP contribution >= 0.6 is 0 Å². The Bertz CT molecular complexity index is 846. The molecule has 0 aliphatic carbocycles. The Morgan fingerprint density at radius 3 is 2.69 bits per heavy atom. The minimum absolute atomic E-state index is 0.198. The Morgan fingerprint density at radius 1 is 1.24 bits per heavy atom. The number of aromatic nitrogens is 3. The first-order valence-electron chi connectivity index (χ1n) is 9.56. The molecule has 3 rings (SSSR count). The van der Waals surface area contributed by atoms with Crippen LogP contribution in [0.1, 0.15) is 51.3 Å². The molecule has 29 heavy (non-hydrogen) atoms. The van der Waals surface area contributed by atoms with Gasteiger partial charge in [-0.25, -0.2) is 9.78 Å². The molecule has 0 bridgehead atoms. The molecule has 1 saturated heterocycles. The van der Waals surface area contributed by atoms with E-state index < -0.39 is 5.60 Å². The summed E-state index contributed by atoms with van der Waals surface area (Å²) < 4.78 is 21.8. The Kier molecular flexibility index (Phi) is 6.14. The van der Waals surface area contributed by atoms with E-state index in [0.29, 0.717) is 35.4 Å². The van der Waals surface area contributed by atoms with Crippen molar-refractivity contribution in [2.75, 3.05) is 20.8 Å². The number of hydrogen-bond donors (Lipinski definition) is 1. The average Bonchev–Trinajstić information content (AvgIpc) is 3.33. The third-order valence-electron chi connectivity index (χ3n) is 4.46. The number of nitrogens with one attached hydrogen (secondary N) is 1. The lowest BCUT2D eigenvalue weighted by Crippen LogP contribution is -2.36. The summed E-state index contributed by atoms with van der Waals surface area (Å²) in [6.07, 6.45) is 1.34. The number of aromatic amines is 1. The third kappa shape index (κ3) is 5.10. The minimum atomic E-state index is -0.540. The van der Waals surface area contributed by atoms with Crippen LogP contribution < -0.4 is 14.2 Å². The van der Waals surface area contributed by atoms with Crippen molar-refractivity contribution in [3.05, 3.63) is 29.8 Å². The first kappa shape index (κ1) is 20.8. The molecule has 2 aromatic rings. The molecule has 0 radical (unpaired) electrons. The lowest BCUT2D eigenvalue weighted by atomic mass is 10.2. The maximum absolute atomic E-state index is 12.5. The molecule has 0 unspecified atom stereocenters. The lowest BCUT2D eigenvalue weighted by molar-refractivity contribution is 0.0218. The van der Waals surface area contributed by atoms with Gasteiger partial charge in [-0.2, -0.15) is 5.10 Å². The van der Waals surface area contributed by atoms with Crippen molar-refractivity contribution < 1.29 is 23.7 Å². The smallest absolute Gasteiger partial charge is 0.410 e. The van der Waals surface area contributed by atoms with Crippen molar-refractivity contribution in [1.82, 2.24) is 20.1 Å². The highest BCUT2D eigenvalue weighted by Gasteiger charge is 2.35. The molecule has 1 fully saturated rings. The maximum Gasteiger partial charge on any atom is 0.410 e. The van der Waals surface area contributed by atoms with Crippen LogP contribution in [0.2, 0.25) is 0 Å². The molecule has 9 heteroatoms. The number of rotatable bonds is 6. The van der Waals surface area contributed by atoms with E-state index >= 15 is 0 Å². The van der Waals surface area contributed by atoms with Crippen molar-refractivity contribution in [2.45, 2.75) is 51.9 Å². The van der Waals surface area contributed by atoms with Crippen LogP contribution in [-0.4, -0.2) is 52.5 Å². The Labute approximate surface area is 170 Å². The van der Waals surface area contributed by atoms with Crippen LogP contribution in [0, 0.1) is 0 Å². The van der Waals surface area contributed by atoms with Crippen LogP contribution in [0.15, 0.2) is 18.2 Å². The molecule has 1 N–H and O–H groups in total. The highest BCUT2D eigenvalue weighted by Crippen LogP contribution is 2.32. The Balaban J connectivity index is 1.64. The summed E-state index contributed by atoms with van der Waals surface area (Å²) in [4.78, 5) is 18.7. The molecule has 1 aromatic heterocycles. The molecule has 1 amide bonds. The van der Waals surface area contributed by atoms with Gasteiger partial charge in [-0.05, 0) is 45.7 Å². The quantitative estimate of drug-likeness (QED) is 0.787. The van der Waals surface area contributed by atoms with Crippen LogP contribution in [0.5, 0.6) is 17.2 Å². The summed E-state index contributed by atoms with van der Waals surface area (Å²) in [5, 5.41) is 7.18. The summed E-state index contributed by atoms with van der Waals surface area (Å²) >= 11 is 0. The van der Waals surface area contributed by atoms with Crippen molar-refractivity contribution in [3.63, 3.8) is 0 Å². The second-order valence-corrected chi connectivity index (χ2v) is 7.78. The van der Waals surface area contributed by atoms with Crippen LogP contribution in [0.4, 0.5) is 4.79 Å². The van der Waals surface area contributed by atoms with E-state index in [1.807, 2.05) is 20.8 Å². The zero-order valence-electron chi connectivity index (χ0n) is 17.5. The van der Waals surface area contributed by atoms with E-state index in [4.69, 9.17) is 18.9 Å². The number of benzene rings is 1. The van der Waals surface area contributed by atoms with Crippen molar-refractivity contribution >= 4 is 6.09 Å². The largest absolute Gasteiger partial charge is 0.493 e. The molecule has 0 spiro atoms. The zero-order chi connectivity index (χ0) is 21.0. The van der Waals surface area contributed by atoms with E-state index in [-0.39, 0.29) is 18.7 Å². The van der Waals surface area contributed by atoms with Gasteiger partial charge < -0.3 is 18.9 Å². The van der Waals surface area contributed by atoms with Gasteiger partial charge in [0.05, 0.1) is 20.3 Å². The van der Waals surface area contributed by atoms with Gasteiger partial charge in [-0.3, -0.25) is 10.00 Å². The molecule has 1 aromatic carbocycles. The Morgan fingerprint density at radius 2 is 2.00 bits per heavy atom. The number of carbonyl (C=O) groups is 1. The Hall–Kier alpha value is -2.97. The number of H-pyrrole nitrogens is 1. The van der Waals surface area contributed by atoms with E-state index in [0.717, 1.165) is 12.8 Å². The predicted octanol–water partition coefficient (Wildman–Crippen LogP) is 3.47. The number of ether oxygens (including phenoxy) is 4. The fraction of sp³-hybridized carbons (Fsp3) is 0.550. The van der Waals surface area contributed by atoms with Gasteiger partial charge in [0, 0.05) is 12.6 Å². The normalized spacial score (nSPS) is 16.6. The van der Waals surface area contributed by atoms with Gasteiger partial charge in [0.25, 0.3) is 0 Å². The lowest BCUT2D eigenvalue weighted by Gasteiger charge is -2.27. The van der Waals surface area contributed by atoms with Crippen LogP contribution in [0.3, 0.4) is 0 Å². The predicted molar refractivity (Wildman–Crippen MR) is 105 cm³/mol. The summed E-state index contributed by atoms with van der Waals surface area (Å²) in [5.74, 6) is 2.98. The second kappa shape index (κ2) is 8.59. The van der Waals surface area contributed by atoms with Gasteiger partial charge in [-0.1, -0.05) is 0 Å². The molecular weight excluding hydrogens is 376 g/mol. The van der Waals surface area contributed by atoms with Gasteiger partial charge in [-0.15, -0.1) is 0 Å². The standard InChI is InChI=1S/C20H28N4O5/c1-20(2,3)29-19(25)24-10-6-7-14(24)18-21-17(22-23-18)12-28-13-8-9-15(26-4)16(11-13)27-5/h8-9,11,14H,6-7,10,12H2,1-5H3,(H,21,22,23)/t14-/m0/s1. The minimum Gasteiger partial charge on any atom is -0.493 e. The molecule has 2 heterocycles. The fourth-order valence-electron chi connectivity index (χ4n) is 3.16. The molecule has 0 saturated carbocycles. The summed E-state index contributed by atoms with van der Waals surface area (Å²) in [6.45, 7) is 6.40. The molecule has 9 nitrogen and oxygen atoms in total. The van der Waals surface area contributed by atoms with Crippen molar-refractivity contribution in [3.8, 4) is 17.2 Å². The topological polar surface area (TPSA) is 98.8 Å². The fourth-order valence-corrected chi connectivity index (χ4v) is 3.16. The SMILES string of the molecule is COc1ccc(OCc2nc([C@@H]3CCCN3C(=O)OC(C)(C)C)n[nH]2)cc1OC. The van der Waals surface area contributed by atoms with Crippen molar-refractivity contribution in [1.29, 1.82) is 0 Å². The first-order valence-corrected chi connectivity index (χ1v) is 9.56. The highest BCUT2D eigenvalue weighted by atomic mass is 16.6. The summed E-state index contributed by atoms with van der Waals surface area (Å²) in [7, 11) is 3.15. The number of amides is 1. The van der Waals surface area contributed by atoms with Gasteiger partial charge in [0.1, 0.15) is 18.0 Å². The molecule has 1 aliphatic heterocycles. The molecule has 158 valence electrons. The number of hydrogen-bond acceptors (Lipinski definition) is 7. The van der Waals surface area contributed by atoms with Gasteiger partial charge in [0.2, 0.25) is 0 Å². The highest BCUT2D eigenvalue weighted by molar-refractivity contribution is 5.69. The van der Waals surface area contributed by atoms with E-state index in [9.17, 15) is 4.79 Å². The third-order valence-corrected chi connectivity index (χ3v) is 4.46. The second-order valence-electron chi connectivity index (χ2n) is 7.78. The number of methoxy groups -OCH3 is 2. The van der Waals surface area contributed by atoms with E-state index in [2.05, 4.69) is 15.2 Å². The van der Waals surface area contributed by atoms with Crippen LogP contribution in [-0.2, 0) is 11.3 Å². The summed E-state index contributed by atoms with van der Waals surface area (Å²) in [6, 6.07) is 5.12. The average molecular weight is 404 g/mol. The monoisotopic (exact) mass is 404 g/mol. The molecular formula is C20H28N4O5. The summed E-state index contributed by atoms with van der Waals surface area (Å²) in [5.41, 5.74) is -0.540. The van der Waals surface area contributed by atoms with Gasteiger partial charge >= 0.3 is 6.09 Å². The number of likely N-dealkylation sites (tertiary alicyclic amines) is 1. The maximum atomic E-state index is 12.5. The number of nitrogens with zero attached hydrogens (tertiary/aromatic N) is 3. The van der Waals surface area contributed by atoms with Gasteiger partial charge in [0.15, 0.2) is 23.1 Å². The zero-order valence-corrected chi connectivity index (χ0v) is 17.5. The molecule has 1 atom stereocenters. The molecule has 1 aliphatic rings. The van der Waals surface area contributed by atoms with Crippen LogP contribution in [0.25, 0.3) is 0 Å². The van der Waals surface area contributed by atoms with Crippen molar-refractivity contribution in [2.24, 2.45) is 0 Å². The first-order chi connectivity index (χ1) is 13.8. The van der Waals surface area contributed by atoms with E-state index in [1.165, 1.54) is 0 Å². The number of carbonyl (C=O) groups excluding carboxylic acids is 1.